The van der Waals surface area contributed by atoms with E-state index < -0.39 is 0 Å². The van der Waals surface area contributed by atoms with Crippen molar-refractivity contribution < 1.29 is 4.79 Å². The topological polar surface area (TPSA) is 23.6 Å². The molecule has 3 nitrogen and oxygen atoms in total. The van der Waals surface area contributed by atoms with Gasteiger partial charge in [-0.25, -0.2) is 0 Å². The Morgan fingerprint density at radius 1 is 1.44 bits per heavy atom. The van der Waals surface area contributed by atoms with Crippen molar-refractivity contribution in [2.75, 3.05) is 20.1 Å². The van der Waals surface area contributed by atoms with Gasteiger partial charge in [0.05, 0.1) is 6.17 Å². The zero-order chi connectivity index (χ0) is 11.7. The minimum absolute atomic E-state index is 0.379. The van der Waals surface area contributed by atoms with Gasteiger partial charge in [-0.1, -0.05) is 13.8 Å². The minimum atomic E-state index is 0.379. The predicted octanol–water partition coefficient (Wildman–Crippen LogP) is 1.93. The molecule has 0 aromatic carbocycles. The molecule has 2 unspecified atom stereocenters. The molecular formula is C13H24N2O. The van der Waals surface area contributed by atoms with Crippen LogP contribution in [0, 0.1) is 11.8 Å². The molecule has 16 heavy (non-hydrogen) atoms. The third-order valence-corrected chi connectivity index (χ3v) is 3.88. The van der Waals surface area contributed by atoms with Gasteiger partial charge in [0.1, 0.15) is 0 Å². The number of likely N-dealkylation sites (tertiary alicyclic amines) is 2. The van der Waals surface area contributed by atoms with Gasteiger partial charge >= 0.3 is 0 Å². The van der Waals surface area contributed by atoms with Gasteiger partial charge in [0.15, 0.2) is 0 Å². The smallest absolute Gasteiger partial charge is 0.224 e. The van der Waals surface area contributed by atoms with Crippen LogP contribution in [0.15, 0.2) is 0 Å². The van der Waals surface area contributed by atoms with E-state index in [4.69, 9.17) is 0 Å². The van der Waals surface area contributed by atoms with Crippen LogP contribution in [0.5, 0.6) is 0 Å². The van der Waals surface area contributed by atoms with Gasteiger partial charge in [-0.2, -0.15) is 0 Å². The highest BCUT2D eigenvalue weighted by Gasteiger charge is 2.37. The first-order chi connectivity index (χ1) is 7.58. The number of carbonyl (C=O) groups excluding carboxylic acids is 1. The summed E-state index contributed by atoms with van der Waals surface area (Å²) in [5.74, 6) is 1.69. The second-order valence-corrected chi connectivity index (χ2v) is 5.85. The molecule has 2 aliphatic heterocycles. The molecule has 1 amide bonds. The summed E-state index contributed by atoms with van der Waals surface area (Å²) in [5.41, 5.74) is 0. The molecule has 2 heterocycles. The molecule has 0 aliphatic carbocycles. The predicted molar refractivity (Wildman–Crippen MR) is 64.9 cm³/mol. The maximum absolute atomic E-state index is 12.0. The van der Waals surface area contributed by atoms with Gasteiger partial charge < -0.3 is 4.90 Å². The normalized spacial score (nSPS) is 32.0. The monoisotopic (exact) mass is 224 g/mol. The number of carbonyl (C=O) groups is 1. The summed E-state index contributed by atoms with van der Waals surface area (Å²) in [6.45, 7) is 6.62. The lowest BCUT2D eigenvalue weighted by atomic mass is 9.96. The quantitative estimate of drug-likeness (QED) is 0.731. The van der Waals surface area contributed by atoms with E-state index in [0.29, 0.717) is 23.9 Å². The Labute approximate surface area is 98.8 Å². The zero-order valence-electron chi connectivity index (χ0n) is 10.8. The van der Waals surface area contributed by atoms with E-state index in [9.17, 15) is 4.79 Å². The van der Waals surface area contributed by atoms with Gasteiger partial charge in [-0.15, -0.1) is 0 Å². The summed E-state index contributed by atoms with van der Waals surface area (Å²) < 4.78 is 0. The summed E-state index contributed by atoms with van der Waals surface area (Å²) in [6.07, 6.45) is 4.77. The van der Waals surface area contributed by atoms with Crippen molar-refractivity contribution in [3.63, 3.8) is 0 Å². The Bertz CT molecular complexity index is 265. The molecule has 0 radical (unpaired) electrons. The number of hydrogen-bond acceptors (Lipinski definition) is 2. The molecule has 2 fully saturated rings. The van der Waals surface area contributed by atoms with Gasteiger partial charge in [0.25, 0.3) is 0 Å². The van der Waals surface area contributed by atoms with Crippen LogP contribution in [0.3, 0.4) is 0 Å². The van der Waals surface area contributed by atoms with Crippen molar-refractivity contribution in [1.82, 2.24) is 9.80 Å². The lowest BCUT2D eigenvalue weighted by molar-refractivity contribution is -0.132. The van der Waals surface area contributed by atoms with E-state index in [1.165, 1.54) is 12.8 Å². The van der Waals surface area contributed by atoms with Crippen molar-refractivity contribution in [2.24, 2.45) is 11.8 Å². The van der Waals surface area contributed by atoms with Crippen LogP contribution in [0.2, 0.25) is 0 Å². The first kappa shape index (κ1) is 11.9. The molecule has 2 aliphatic rings. The van der Waals surface area contributed by atoms with Crippen LogP contribution in [-0.4, -0.2) is 42.0 Å². The van der Waals surface area contributed by atoms with Gasteiger partial charge in [-0.3, -0.25) is 9.69 Å². The van der Waals surface area contributed by atoms with E-state index in [1.54, 1.807) is 0 Å². The van der Waals surface area contributed by atoms with Crippen LogP contribution >= 0.6 is 0 Å². The molecule has 2 saturated heterocycles. The maximum atomic E-state index is 12.0. The Kier molecular flexibility index (Phi) is 3.53. The first-order valence-electron chi connectivity index (χ1n) is 6.57. The lowest BCUT2D eigenvalue weighted by Crippen LogP contribution is -2.43. The molecular weight excluding hydrogens is 200 g/mol. The summed E-state index contributed by atoms with van der Waals surface area (Å²) in [6, 6.07) is 0. The highest BCUT2D eigenvalue weighted by atomic mass is 16.2. The molecule has 0 aromatic rings. The molecule has 3 heteroatoms. The Hall–Kier alpha value is -0.570. The van der Waals surface area contributed by atoms with Gasteiger partial charge in [0.2, 0.25) is 5.91 Å². The largest absolute Gasteiger partial charge is 0.327 e. The van der Waals surface area contributed by atoms with E-state index in [-0.39, 0.29) is 0 Å². The molecule has 2 atom stereocenters. The zero-order valence-corrected chi connectivity index (χ0v) is 10.8. The number of rotatable bonds is 3. The maximum Gasteiger partial charge on any atom is 0.224 e. The fraction of sp³-hybridized carbons (Fsp3) is 0.923. The first-order valence-corrected chi connectivity index (χ1v) is 6.57. The molecule has 0 saturated carbocycles. The molecule has 92 valence electrons. The van der Waals surface area contributed by atoms with Crippen LogP contribution < -0.4 is 0 Å². The molecule has 2 rings (SSSR count). The van der Waals surface area contributed by atoms with Crippen LogP contribution in [0.1, 0.15) is 39.5 Å². The fourth-order valence-corrected chi connectivity index (χ4v) is 3.21. The molecule has 0 bridgehead atoms. The van der Waals surface area contributed by atoms with Crippen LogP contribution in [0.25, 0.3) is 0 Å². The second-order valence-electron chi connectivity index (χ2n) is 5.85. The second kappa shape index (κ2) is 4.74. The minimum Gasteiger partial charge on any atom is -0.327 e. The average molecular weight is 224 g/mol. The Morgan fingerprint density at radius 3 is 2.75 bits per heavy atom. The van der Waals surface area contributed by atoms with Crippen molar-refractivity contribution in [1.29, 1.82) is 0 Å². The van der Waals surface area contributed by atoms with Crippen LogP contribution in [0.4, 0.5) is 0 Å². The summed E-state index contributed by atoms with van der Waals surface area (Å²) in [4.78, 5) is 16.5. The standard InChI is InChI=1S/C13H24N2O/c1-10(2)7-11-8-13(16)15(9-11)12-5-4-6-14(12)3/h10-12H,4-9H2,1-3H3. The Morgan fingerprint density at radius 2 is 2.19 bits per heavy atom. The summed E-state index contributed by atoms with van der Waals surface area (Å²) in [7, 11) is 2.14. The summed E-state index contributed by atoms with van der Waals surface area (Å²) >= 11 is 0. The van der Waals surface area contributed by atoms with Crippen molar-refractivity contribution in [2.45, 2.75) is 45.7 Å². The average Bonchev–Trinajstić information content (AvgIpc) is 2.71. The van der Waals surface area contributed by atoms with Gasteiger partial charge in [0, 0.05) is 13.0 Å². The number of hydrogen-bond donors (Lipinski definition) is 0. The third-order valence-electron chi connectivity index (χ3n) is 3.88. The fourth-order valence-electron chi connectivity index (χ4n) is 3.21. The highest BCUT2D eigenvalue weighted by Crippen LogP contribution is 2.29. The van der Waals surface area contributed by atoms with Crippen LogP contribution in [-0.2, 0) is 4.79 Å². The van der Waals surface area contributed by atoms with Gasteiger partial charge in [-0.05, 0) is 44.7 Å². The lowest BCUT2D eigenvalue weighted by Gasteiger charge is -2.30. The molecule has 0 N–H and O–H groups in total. The Balaban J connectivity index is 1.94. The highest BCUT2D eigenvalue weighted by molar-refractivity contribution is 5.79. The molecule has 0 spiro atoms. The van der Waals surface area contributed by atoms with Crippen molar-refractivity contribution >= 4 is 5.91 Å². The van der Waals surface area contributed by atoms with Crippen molar-refractivity contribution in [3.05, 3.63) is 0 Å². The van der Waals surface area contributed by atoms with Crippen molar-refractivity contribution in [3.8, 4) is 0 Å². The molecule has 0 aromatic heterocycles. The van der Waals surface area contributed by atoms with E-state index in [2.05, 4.69) is 30.7 Å². The van der Waals surface area contributed by atoms with E-state index >= 15 is 0 Å². The number of amides is 1. The van der Waals surface area contributed by atoms with E-state index in [1.807, 2.05) is 0 Å². The SMILES string of the molecule is CC(C)CC1CC(=O)N(C2CCCN2C)C1. The number of nitrogens with zero attached hydrogens (tertiary/aromatic N) is 2. The van der Waals surface area contributed by atoms with E-state index in [0.717, 1.165) is 25.9 Å². The third kappa shape index (κ3) is 2.40. The summed E-state index contributed by atoms with van der Waals surface area (Å²) in [5, 5.41) is 0.